The third-order valence-electron chi connectivity index (χ3n) is 9.19. The molecule has 4 aliphatic rings. The molecule has 15 heteroatoms. The number of sulfonamides is 1. The Bertz CT molecular complexity index is 1410. The van der Waals surface area contributed by atoms with Crippen molar-refractivity contribution in [2.45, 2.75) is 86.3 Å². The number of hydrogen-bond acceptors (Lipinski definition) is 7. The summed E-state index contributed by atoms with van der Waals surface area (Å²) in [6, 6.07) is 5.63. The molecule has 1 aromatic carbocycles. The van der Waals surface area contributed by atoms with Crippen molar-refractivity contribution in [3.63, 3.8) is 0 Å². The minimum atomic E-state index is -4.87. The van der Waals surface area contributed by atoms with Gasteiger partial charge in [-0.3, -0.25) is 4.79 Å². The van der Waals surface area contributed by atoms with Crippen molar-refractivity contribution in [3.05, 3.63) is 36.0 Å². The molecule has 2 bridgehead atoms. The zero-order valence-electron chi connectivity index (χ0n) is 22.5. The van der Waals surface area contributed by atoms with Gasteiger partial charge in [0.15, 0.2) is 11.4 Å². The summed E-state index contributed by atoms with van der Waals surface area (Å²) in [5.41, 5.74) is -3.72. The van der Waals surface area contributed by atoms with Gasteiger partial charge in [-0.05, 0) is 82.0 Å². The molecule has 1 amide bonds. The van der Waals surface area contributed by atoms with Crippen LogP contribution in [0.5, 0.6) is 0 Å². The van der Waals surface area contributed by atoms with Gasteiger partial charge in [-0.15, -0.1) is 0 Å². The van der Waals surface area contributed by atoms with E-state index in [4.69, 9.17) is 4.52 Å². The molecule has 0 unspecified atom stereocenters. The van der Waals surface area contributed by atoms with E-state index in [0.29, 0.717) is 45.4 Å². The van der Waals surface area contributed by atoms with Crippen LogP contribution in [0.1, 0.15) is 70.0 Å². The van der Waals surface area contributed by atoms with E-state index < -0.39 is 69.1 Å². The fourth-order valence-corrected chi connectivity index (χ4v) is 7.17. The number of carbonyl (C=O) groups is 1. The predicted octanol–water partition coefficient (Wildman–Crippen LogP) is 4.42. The fraction of sp³-hybridized carbons (Fsp3) is 0.654. The SMILES string of the molecule is CNS(=O)(=O)c1cccc(N(CC23CCC(c4noc(C(C)(F)F)n4)(CC2)CC3)C(=O)C2CC(O)(C(F)(F)F)C2)c1. The van der Waals surface area contributed by atoms with Gasteiger partial charge in [-0.1, -0.05) is 11.2 Å². The quantitative estimate of drug-likeness (QED) is 0.426. The topological polar surface area (TPSA) is 126 Å². The Morgan fingerprint density at radius 2 is 1.73 bits per heavy atom. The predicted molar refractivity (Wildman–Crippen MR) is 134 cm³/mol. The standard InChI is InChI=1S/C26H31F5N4O5S/c1-22(27,28)21-33-20(34-40-21)24-9-6-23(7-10-24,8-11-24)15-35(17-4-3-5-18(12-17)41(38,39)32-2)19(36)16-13-25(37,14-16)26(29,30)31/h3-5,12,16,32,37H,6-11,13-15H2,1-2H3. The lowest BCUT2D eigenvalue weighted by Crippen LogP contribution is -2.60. The summed E-state index contributed by atoms with van der Waals surface area (Å²) in [4.78, 5) is 18.9. The molecule has 4 saturated carbocycles. The fourth-order valence-electron chi connectivity index (χ4n) is 6.40. The highest BCUT2D eigenvalue weighted by atomic mass is 32.2. The maximum Gasteiger partial charge on any atom is 0.417 e. The number of carbonyl (C=O) groups excluding carboxylic acids is 1. The third-order valence-corrected chi connectivity index (χ3v) is 10.6. The van der Waals surface area contributed by atoms with Gasteiger partial charge >= 0.3 is 12.1 Å². The van der Waals surface area contributed by atoms with Crippen LogP contribution in [0.3, 0.4) is 0 Å². The maximum atomic E-state index is 13.7. The van der Waals surface area contributed by atoms with Crippen molar-refractivity contribution < 1.29 is 44.8 Å². The molecule has 2 aromatic rings. The Morgan fingerprint density at radius 3 is 2.24 bits per heavy atom. The Balaban J connectivity index is 1.40. The Morgan fingerprint density at radius 1 is 1.12 bits per heavy atom. The summed E-state index contributed by atoms with van der Waals surface area (Å²) in [5, 5.41) is 13.8. The normalized spacial score (nSPS) is 30.2. The Labute approximate surface area is 233 Å². The van der Waals surface area contributed by atoms with E-state index in [1.54, 1.807) is 0 Å². The van der Waals surface area contributed by atoms with Crippen molar-refractivity contribution in [3.8, 4) is 0 Å². The van der Waals surface area contributed by atoms with Gasteiger partial charge in [0.05, 0.1) is 4.90 Å². The molecule has 4 fully saturated rings. The van der Waals surface area contributed by atoms with Crippen LogP contribution in [0.2, 0.25) is 0 Å². The summed E-state index contributed by atoms with van der Waals surface area (Å²) in [7, 11) is -2.64. The minimum Gasteiger partial charge on any atom is -0.380 e. The molecule has 0 radical (unpaired) electrons. The molecule has 226 valence electrons. The molecular weight excluding hydrogens is 575 g/mol. The molecule has 2 N–H and O–H groups in total. The zero-order valence-corrected chi connectivity index (χ0v) is 23.3. The van der Waals surface area contributed by atoms with Gasteiger partial charge in [-0.2, -0.15) is 26.9 Å². The van der Waals surface area contributed by atoms with E-state index in [0.717, 1.165) is 0 Å². The molecule has 0 spiro atoms. The van der Waals surface area contributed by atoms with Crippen molar-refractivity contribution in [1.82, 2.24) is 14.9 Å². The van der Waals surface area contributed by atoms with Crippen LogP contribution in [0.25, 0.3) is 0 Å². The summed E-state index contributed by atoms with van der Waals surface area (Å²) in [6.07, 6.45) is -3.13. The number of halogens is 5. The zero-order chi connectivity index (χ0) is 30.1. The molecule has 0 atom stereocenters. The smallest absolute Gasteiger partial charge is 0.380 e. The first kappa shape index (κ1) is 29.8. The molecule has 41 heavy (non-hydrogen) atoms. The molecule has 1 heterocycles. The van der Waals surface area contributed by atoms with Crippen LogP contribution in [0, 0.1) is 11.3 Å². The molecule has 9 nitrogen and oxygen atoms in total. The van der Waals surface area contributed by atoms with Gasteiger partial charge in [0, 0.05) is 30.5 Å². The number of amides is 1. The summed E-state index contributed by atoms with van der Waals surface area (Å²) in [6.45, 7) is 0.797. The van der Waals surface area contributed by atoms with Crippen LogP contribution in [-0.2, 0) is 26.2 Å². The van der Waals surface area contributed by atoms with E-state index in [1.165, 1.54) is 36.2 Å². The number of benzene rings is 1. The van der Waals surface area contributed by atoms with Crippen molar-refractivity contribution in [2.24, 2.45) is 11.3 Å². The van der Waals surface area contributed by atoms with Crippen LogP contribution < -0.4 is 9.62 Å². The number of nitrogens with one attached hydrogen (secondary N) is 1. The Kier molecular flexibility index (Phi) is 7.05. The molecule has 0 aliphatic heterocycles. The van der Waals surface area contributed by atoms with Crippen LogP contribution >= 0.6 is 0 Å². The van der Waals surface area contributed by atoms with E-state index in [2.05, 4.69) is 14.9 Å². The van der Waals surface area contributed by atoms with Gasteiger partial charge in [0.2, 0.25) is 15.9 Å². The molecule has 6 rings (SSSR count). The summed E-state index contributed by atoms with van der Waals surface area (Å²) in [5.74, 6) is -5.52. The monoisotopic (exact) mass is 606 g/mol. The molecule has 4 aliphatic carbocycles. The largest absolute Gasteiger partial charge is 0.417 e. The number of hydrogen-bond donors (Lipinski definition) is 2. The molecular formula is C26H31F5N4O5S. The Hall–Kier alpha value is -2.65. The van der Waals surface area contributed by atoms with Crippen molar-refractivity contribution >= 4 is 21.6 Å². The average Bonchev–Trinajstić information content (AvgIpc) is 3.42. The number of aromatic nitrogens is 2. The molecule has 1 aromatic heterocycles. The highest BCUT2D eigenvalue weighted by Gasteiger charge is 2.63. The van der Waals surface area contributed by atoms with E-state index >= 15 is 0 Å². The lowest BCUT2D eigenvalue weighted by atomic mass is 9.53. The van der Waals surface area contributed by atoms with Crippen LogP contribution in [0.15, 0.2) is 33.7 Å². The second-order valence-electron chi connectivity index (χ2n) is 11.9. The number of aliphatic hydroxyl groups is 1. The number of rotatable bonds is 8. The first-order valence-corrected chi connectivity index (χ1v) is 14.8. The maximum absolute atomic E-state index is 13.7. The number of fused-ring (bicyclic) bond motifs is 3. The summed E-state index contributed by atoms with van der Waals surface area (Å²) < 4.78 is 99.2. The lowest BCUT2D eigenvalue weighted by Gasteiger charge is -2.54. The highest BCUT2D eigenvalue weighted by Crippen LogP contribution is 2.58. The second-order valence-corrected chi connectivity index (χ2v) is 13.7. The van der Waals surface area contributed by atoms with Crippen LogP contribution in [-0.4, -0.2) is 54.9 Å². The van der Waals surface area contributed by atoms with E-state index in [1.807, 2.05) is 0 Å². The first-order chi connectivity index (χ1) is 18.9. The van der Waals surface area contributed by atoms with Gasteiger partial charge < -0.3 is 14.5 Å². The van der Waals surface area contributed by atoms with Crippen molar-refractivity contribution in [1.29, 1.82) is 0 Å². The van der Waals surface area contributed by atoms with Crippen LogP contribution in [0.4, 0.5) is 27.6 Å². The number of anilines is 1. The third kappa shape index (κ3) is 5.24. The average molecular weight is 607 g/mol. The van der Waals surface area contributed by atoms with Gasteiger partial charge in [0.1, 0.15) is 0 Å². The first-order valence-electron chi connectivity index (χ1n) is 13.3. The van der Waals surface area contributed by atoms with Crippen molar-refractivity contribution in [2.75, 3.05) is 18.5 Å². The molecule has 0 saturated heterocycles. The van der Waals surface area contributed by atoms with Gasteiger partial charge in [0.25, 0.3) is 5.89 Å². The number of alkyl halides is 5. The lowest BCUT2D eigenvalue weighted by molar-refractivity contribution is -0.295. The van der Waals surface area contributed by atoms with E-state index in [9.17, 15) is 40.3 Å². The highest BCUT2D eigenvalue weighted by molar-refractivity contribution is 7.89. The second kappa shape index (κ2) is 9.69. The number of nitrogens with zero attached hydrogens (tertiary/aromatic N) is 3. The summed E-state index contributed by atoms with van der Waals surface area (Å²) >= 11 is 0. The van der Waals surface area contributed by atoms with E-state index in [-0.39, 0.29) is 23.0 Å². The van der Waals surface area contributed by atoms with Gasteiger partial charge in [-0.25, -0.2) is 13.1 Å². The minimum absolute atomic E-state index is 0.111.